The largest absolute Gasteiger partial charge is 0.406 e. The Morgan fingerprint density at radius 1 is 0.778 bits per heavy atom. The molecule has 196 valence electrons. The average Bonchev–Trinajstić information content (AvgIpc) is 3.63. The maximum atomic E-state index is 6.94. The molecular weight excluding hydrogens is 454 g/mol. The van der Waals surface area contributed by atoms with Crippen molar-refractivity contribution in [1.29, 1.82) is 0 Å². The lowest BCUT2D eigenvalue weighted by molar-refractivity contribution is 0.306. The van der Waals surface area contributed by atoms with Crippen LogP contribution in [0.3, 0.4) is 0 Å². The van der Waals surface area contributed by atoms with E-state index in [0.29, 0.717) is 18.7 Å². The van der Waals surface area contributed by atoms with Gasteiger partial charge >= 0.3 is 0 Å². The van der Waals surface area contributed by atoms with Crippen molar-refractivity contribution in [2.45, 2.75) is 115 Å². The van der Waals surface area contributed by atoms with Gasteiger partial charge in [-0.15, -0.1) is 0 Å². The zero-order valence-electron chi connectivity index (χ0n) is 23.3. The van der Waals surface area contributed by atoms with Crippen molar-refractivity contribution in [3.8, 4) is 11.8 Å². The summed E-state index contributed by atoms with van der Waals surface area (Å²) in [6.45, 7) is 9.95. The predicted molar refractivity (Wildman–Crippen MR) is 159 cm³/mol. The first-order valence-corrected chi connectivity index (χ1v) is 16.4. The number of nitrogens with one attached hydrogen (secondary N) is 1. The molecule has 2 aromatic rings. The van der Waals surface area contributed by atoms with E-state index in [1.54, 1.807) is 0 Å². The van der Waals surface area contributed by atoms with Crippen LogP contribution in [0.15, 0.2) is 60.7 Å². The lowest BCUT2D eigenvalue weighted by Crippen LogP contribution is -2.66. The summed E-state index contributed by atoms with van der Waals surface area (Å²) in [5, 5.41) is 6.26. The van der Waals surface area contributed by atoms with Crippen LogP contribution in [0.5, 0.6) is 0 Å². The first kappa shape index (κ1) is 28.7. The molecule has 0 bridgehead atoms. The van der Waals surface area contributed by atoms with Gasteiger partial charge in [0, 0.05) is 19.1 Å². The van der Waals surface area contributed by atoms with Gasteiger partial charge in [0.1, 0.15) is 0 Å². The Morgan fingerprint density at radius 2 is 1.31 bits per heavy atom. The molecule has 3 rings (SSSR count). The van der Waals surface area contributed by atoms with Gasteiger partial charge in [0.05, 0.1) is 6.04 Å². The third kappa shape index (κ3) is 8.34. The summed E-state index contributed by atoms with van der Waals surface area (Å²) in [5.41, 5.74) is 0. The number of unbranched alkanes of at least 4 members (excludes halogenated alkanes) is 8. The van der Waals surface area contributed by atoms with Gasteiger partial charge in [-0.05, 0) is 21.8 Å². The Balaban J connectivity index is 1.44. The SMILES string of the molecule is CCCCCCCCCCC[C@@H]1N[C@@H]1C#CCCO[Si](c1ccccc1)(c1ccccc1)C(C)(C)C. The molecule has 0 unspecified atom stereocenters. The number of benzene rings is 2. The minimum Gasteiger partial charge on any atom is -0.406 e. The van der Waals surface area contributed by atoms with E-state index in [2.05, 4.69) is 106 Å². The Bertz CT molecular complexity index is 885. The Morgan fingerprint density at radius 3 is 1.83 bits per heavy atom. The van der Waals surface area contributed by atoms with E-state index in [4.69, 9.17) is 4.43 Å². The van der Waals surface area contributed by atoms with Crippen molar-refractivity contribution in [2.24, 2.45) is 0 Å². The lowest BCUT2D eigenvalue weighted by atomic mass is 10.1. The Labute approximate surface area is 222 Å². The molecule has 36 heavy (non-hydrogen) atoms. The summed E-state index contributed by atoms with van der Waals surface area (Å²) in [4.78, 5) is 0. The van der Waals surface area contributed by atoms with Gasteiger partial charge in [0.2, 0.25) is 0 Å². The smallest absolute Gasteiger partial charge is 0.261 e. The Hall–Kier alpha value is -1.86. The summed E-state index contributed by atoms with van der Waals surface area (Å²) in [5.74, 6) is 6.89. The van der Waals surface area contributed by atoms with Crippen LogP contribution < -0.4 is 15.7 Å². The fourth-order valence-electron chi connectivity index (χ4n) is 5.44. The predicted octanol–water partition coefficient (Wildman–Crippen LogP) is 7.22. The van der Waals surface area contributed by atoms with E-state index >= 15 is 0 Å². The maximum Gasteiger partial charge on any atom is 0.261 e. The van der Waals surface area contributed by atoms with E-state index in [0.717, 1.165) is 6.42 Å². The molecule has 0 spiro atoms. The summed E-state index contributed by atoms with van der Waals surface area (Å²) in [6, 6.07) is 22.8. The van der Waals surface area contributed by atoms with E-state index in [9.17, 15) is 0 Å². The standard InChI is InChI=1S/C33H49NOSi/c1-5-6-7-8-9-10-11-12-19-26-31-32(34-31)27-20-21-28-35-36(33(2,3)4,29-22-15-13-16-23-29)30-24-17-14-18-25-30/h13-18,22-25,31-32,34H,5-12,19,21,26,28H2,1-4H3/t31-,32+/m0/s1. The van der Waals surface area contributed by atoms with Gasteiger partial charge in [-0.3, -0.25) is 5.32 Å². The van der Waals surface area contributed by atoms with Crippen molar-refractivity contribution >= 4 is 18.7 Å². The fourth-order valence-corrected chi connectivity index (χ4v) is 10.0. The number of rotatable bonds is 15. The summed E-state index contributed by atoms with van der Waals surface area (Å²) in [7, 11) is -2.45. The quantitative estimate of drug-likeness (QED) is 0.120. The second-order valence-corrected chi connectivity index (χ2v) is 15.8. The molecule has 3 heteroatoms. The van der Waals surface area contributed by atoms with Crippen LogP contribution >= 0.6 is 0 Å². The molecule has 1 saturated heterocycles. The van der Waals surface area contributed by atoms with Crippen molar-refractivity contribution in [3.05, 3.63) is 60.7 Å². The first-order chi connectivity index (χ1) is 17.5. The number of hydrogen-bond acceptors (Lipinski definition) is 2. The van der Waals surface area contributed by atoms with Crippen molar-refractivity contribution in [2.75, 3.05) is 6.61 Å². The highest BCUT2D eigenvalue weighted by molar-refractivity contribution is 6.99. The highest BCUT2D eigenvalue weighted by Gasteiger charge is 2.49. The van der Waals surface area contributed by atoms with Gasteiger partial charge in [0.25, 0.3) is 8.32 Å². The molecular formula is C33H49NOSi. The van der Waals surface area contributed by atoms with Crippen molar-refractivity contribution in [3.63, 3.8) is 0 Å². The molecule has 0 radical (unpaired) electrons. The third-order valence-electron chi connectivity index (χ3n) is 7.53. The van der Waals surface area contributed by atoms with Gasteiger partial charge in [-0.25, -0.2) is 0 Å². The zero-order valence-corrected chi connectivity index (χ0v) is 24.3. The third-order valence-corrected chi connectivity index (χ3v) is 12.6. The van der Waals surface area contributed by atoms with Crippen LogP contribution in [0.1, 0.15) is 98.3 Å². The summed E-state index contributed by atoms with van der Waals surface area (Å²) >= 11 is 0. The fraction of sp³-hybridized carbons (Fsp3) is 0.576. The van der Waals surface area contributed by atoms with Crippen molar-refractivity contribution in [1.82, 2.24) is 5.32 Å². The molecule has 1 aliphatic heterocycles. The van der Waals surface area contributed by atoms with Crippen LogP contribution in [-0.4, -0.2) is 27.0 Å². The molecule has 0 amide bonds. The van der Waals surface area contributed by atoms with E-state index in [1.165, 1.54) is 74.6 Å². The zero-order chi connectivity index (χ0) is 25.7. The van der Waals surface area contributed by atoms with Crippen molar-refractivity contribution < 1.29 is 4.43 Å². The van der Waals surface area contributed by atoms with Crippen LogP contribution in [0, 0.1) is 11.8 Å². The molecule has 2 nitrogen and oxygen atoms in total. The molecule has 2 aromatic carbocycles. The maximum absolute atomic E-state index is 6.94. The first-order valence-electron chi connectivity index (χ1n) is 14.5. The van der Waals surface area contributed by atoms with Gasteiger partial charge in [-0.1, -0.05) is 158 Å². The summed E-state index contributed by atoms with van der Waals surface area (Å²) < 4.78 is 6.94. The molecule has 0 saturated carbocycles. The van der Waals surface area contributed by atoms with E-state index in [1.807, 2.05) is 0 Å². The van der Waals surface area contributed by atoms with Crippen LogP contribution in [-0.2, 0) is 4.43 Å². The van der Waals surface area contributed by atoms with Crippen LogP contribution in [0.4, 0.5) is 0 Å². The molecule has 1 fully saturated rings. The molecule has 2 atom stereocenters. The normalized spacial score (nSPS) is 17.4. The molecule has 1 N–H and O–H groups in total. The number of hydrogen-bond donors (Lipinski definition) is 1. The van der Waals surface area contributed by atoms with Gasteiger partial charge in [-0.2, -0.15) is 0 Å². The van der Waals surface area contributed by atoms with E-state index in [-0.39, 0.29) is 5.04 Å². The minimum absolute atomic E-state index is 0.0157. The highest BCUT2D eigenvalue weighted by atomic mass is 28.4. The molecule has 1 heterocycles. The second-order valence-electron chi connectivity index (χ2n) is 11.5. The van der Waals surface area contributed by atoms with E-state index < -0.39 is 8.32 Å². The second kappa shape index (κ2) is 14.8. The monoisotopic (exact) mass is 503 g/mol. The minimum atomic E-state index is -2.45. The average molecular weight is 504 g/mol. The topological polar surface area (TPSA) is 31.2 Å². The van der Waals surface area contributed by atoms with Gasteiger partial charge < -0.3 is 4.43 Å². The lowest BCUT2D eigenvalue weighted by Gasteiger charge is -2.43. The Kier molecular flexibility index (Phi) is 11.8. The van der Waals surface area contributed by atoms with Gasteiger partial charge in [0.15, 0.2) is 0 Å². The van der Waals surface area contributed by atoms with Crippen LogP contribution in [0.25, 0.3) is 0 Å². The summed E-state index contributed by atoms with van der Waals surface area (Å²) in [6.07, 6.45) is 14.6. The van der Waals surface area contributed by atoms with Crippen LogP contribution in [0.2, 0.25) is 5.04 Å². The highest BCUT2D eigenvalue weighted by Crippen LogP contribution is 2.36. The molecule has 0 aromatic heterocycles. The molecule has 1 aliphatic rings. The molecule has 0 aliphatic carbocycles.